The Morgan fingerprint density at radius 1 is 1.33 bits per heavy atom. The smallest absolute Gasteiger partial charge is 0.200 e. The van der Waals surface area contributed by atoms with Crippen LogP contribution in [0.25, 0.3) is 5.57 Å². The maximum absolute atomic E-state index is 11.6. The lowest BCUT2D eigenvalue weighted by molar-refractivity contribution is -0.107. The van der Waals surface area contributed by atoms with Crippen molar-refractivity contribution in [2.75, 3.05) is 0 Å². The summed E-state index contributed by atoms with van der Waals surface area (Å²) >= 11 is 0. The topological polar surface area (TPSA) is 71.4 Å². The molecule has 0 unspecified atom stereocenters. The molecule has 1 aliphatic heterocycles. The summed E-state index contributed by atoms with van der Waals surface area (Å²) in [6.45, 7) is 0. The molecule has 1 aromatic rings. The average molecular weight is 224 g/mol. The van der Waals surface area contributed by atoms with Gasteiger partial charge in [-0.25, -0.2) is 8.42 Å². The van der Waals surface area contributed by atoms with Crippen molar-refractivity contribution in [3.8, 4) is 5.75 Å². The molecule has 0 aromatic heterocycles. The van der Waals surface area contributed by atoms with Crippen molar-refractivity contribution in [1.29, 1.82) is 0 Å². The molecule has 0 radical (unpaired) electrons. The van der Waals surface area contributed by atoms with E-state index in [4.69, 9.17) is 0 Å². The second kappa shape index (κ2) is 3.20. The van der Waals surface area contributed by atoms with Gasteiger partial charge in [0.1, 0.15) is 12.0 Å². The molecule has 5 heteroatoms. The lowest BCUT2D eigenvalue weighted by Gasteiger charge is -2.03. The molecule has 78 valence electrons. The zero-order valence-corrected chi connectivity index (χ0v) is 8.49. The number of aldehydes is 1. The van der Waals surface area contributed by atoms with E-state index in [1.54, 1.807) is 0 Å². The molecule has 15 heavy (non-hydrogen) atoms. The van der Waals surface area contributed by atoms with Gasteiger partial charge in [-0.1, -0.05) is 6.07 Å². The van der Waals surface area contributed by atoms with Crippen molar-refractivity contribution in [1.82, 2.24) is 0 Å². The highest BCUT2D eigenvalue weighted by molar-refractivity contribution is 7.95. The summed E-state index contributed by atoms with van der Waals surface area (Å²) in [7, 11) is -3.48. The summed E-state index contributed by atoms with van der Waals surface area (Å²) in [6, 6.07) is 4.28. The molecule has 0 amide bonds. The van der Waals surface area contributed by atoms with E-state index in [1.165, 1.54) is 18.2 Å². The highest BCUT2D eigenvalue weighted by Crippen LogP contribution is 2.39. The van der Waals surface area contributed by atoms with Gasteiger partial charge in [0.05, 0.1) is 4.90 Å². The van der Waals surface area contributed by atoms with Gasteiger partial charge in [0.15, 0.2) is 0 Å². The largest absolute Gasteiger partial charge is 0.507 e. The summed E-state index contributed by atoms with van der Waals surface area (Å²) in [5.74, 6) is -0.110. The zero-order valence-electron chi connectivity index (χ0n) is 7.67. The van der Waals surface area contributed by atoms with E-state index in [1.807, 2.05) is 0 Å². The molecule has 1 aromatic carbocycles. The van der Waals surface area contributed by atoms with Gasteiger partial charge in [0.25, 0.3) is 0 Å². The number of fused-ring (bicyclic) bond motifs is 1. The van der Waals surface area contributed by atoms with E-state index in [-0.39, 0.29) is 22.6 Å². The standard InChI is InChI=1S/C10H8O4S/c11-5-4-7-6-15(13,14)9-3-1-2-8(12)10(7)9/h1-3,5-6,12H,4H2. The second-order valence-corrected chi connectivity index (χ2v) is 4.97. The van der Waals surface area contributed by atoms with Crippen LogP contribution in [0.2, 0.25) is 0 Å². The second-order valence-electron chi connectivity index (χ2n) is 3.21. The normalized spacial score (nSPS) is 16.9. The molecule has 1 aliphatic rings. The van der Waals surface area contributed by atoms with Gasteiger partial charge in [0, 0.05) is 17.4 Å². The Hall–Kier alpha value is -1.62. The number of allylic oxidation sites excluding steroid dienone is 1. The summed E-state index contributed by atoms with van der Waals surface area (Å²) in [6.07, 6.45) is 0.604. The summed E-state index contributed by atoms with van der Waals surface area (Å²) in [5.41, 5.74) is 0.600. The minimum Gasteiger partial charge on any atom is -0.507 e. The first-order valence-corrected chi connectivity index (χ1v) is 5.82. The van der Waals surface area contributed by atoms with E-state index in [0.29, 0.717) is 11.9 Å². The average Bonchev–Trinajstić information content (AvgIpc) is 2.41. The number of phenolic OH excluding ortho intramolecular Hbond substituents is 1. The van der Waals surface area contributed by atoms with Crippen molar-refractivity contribution in [3.63, 3.8) is 0 Å². The van der Waals surface area contributed by atoms with Crippen LogP contribution in [-0.2, 0) is 14.6 Å². The fraction of sp³-hybridized carbons (Fsp3) is 0.100. The first-order chi connectivity index (χ1) is 7.06. The highest BCUT2D eigenvalue weighted by Gasteiger charge is 2.28. The Morgan fingerprint density at radius 3 is 2.73 bits per heavy atom. The minimum atomic E-state index is -3.48. The van der Waals surface area contributed by atoms with Gasteiger partial charge in [-0.3, -0.25) is 0 Å². The molecule has 0 fully saturated rings. The third-order valence-electron chi connectivity index (χ3n) is 2.23. The Kier molecular flexibility index (Phi) is 2.12. The summed E-state index contributed by atoms with van der Waals surface area (Å²) < 4.78 is 23.2. The predicted octanol–water partition coefficient (Wildman–Crippen LogP) is 1.11. The Labute approximate surface area is 86.8 Å². The number of carbonyl (C=O) groups is 1. The molecular weight excluding hydrogens is 216 g/mol. The number of hydrogen-bond donors (Lipinski definition) is 1. The Morgan fingerprint density at radius 2 is 2.07 bits per heavy atom. The van der Waals surface area contributed by atoms with Crippen LogP contribution in [0.15, 0.2) is 28.5 Å². The van der Waals surface area contributed by atoms with Crippen LogP contribution in [0.3, 0.4) is 0 Å². The van der Waals surface area contributed by atoms with Crippen LogP contribution in [0.4, 0.5) is 0 Å². The molecule has 0 saturated carbocycles. The monoisotopic (exact) mass is 224 g/mol. The van der Waals surface area contributed by atoms with Crippen molar-refractivity contribution < 1.29 is 18.3 Å². The summed E-state index contributed by atoms with van der Waals surface area (Å²) in [5, 5.41) is 10.6. The first kappa shape index (κ1) is 9.92. The van der Waals surface area contributed by atoms with E-state index in [0.717, 1.165) is 5.41 Å². The van der Waals surface area contributed by atoms with Gasteiger partial charge in [0.2, 0.25) is 9.84 Å². The number of benzene rings is 1. The molecule has 1 N–H and O–H groups in total. The van der Waals surface area contributed by atoms with Crippen LogP contribution in [-0.4, -0.2) is 19.8 Å². The lowest BCUT2D eigenvalue weighted by Crippen LogP contribution is -1.92. The Balaban J connectivity index is 2.74. The third-order valence-corrected chi connectivity index (χ3v) is 3.78. The van der Waals surface area contributed by atoms with Gasteiger partial charge >= 0.3 is 0 Å². The quantitative estimate of drug-likeness (QED) is 0.764. The number of rotatable bonds is 2. The molecule has 0 bridgehead atoms. The minimum absolute atomic E-state index is 0.0101. The number of aromatic hydroxyl groups is 1. The van der Waals surface area contributed by atoms with Crippen LogP contribution >= 0.6 is 0 Å². The van der Waals surface area contributed by atoms with Crippen LogP contribution < -0.4 is 0 Å². The number of sulfone groups is 1. The molecule has 0 saturated heterocycles. The van der Waals surface area contributed by atoms with Gasteiger partial charge < -0.3 is 9.90 Å². The molecule has 2 rings (SSSR count). The highest BCUT2D eigenvalue weighted by atomic mass is 32.2. The van der Waals surface area contributed by atoms with Crippen molar-refractivity contribution >= 4 is 21.7 Å². The van der Waals surface area contributed by atoms with Gasteiger partial charge in [-0.15, -0.1) is 0 Å². The van der Waals surface area contributed by atoms with E-state index >= 15 is 0 Å². The third kappa shape index (κ3) is 1.45. The molecule has 0 spiro atoms. The van der Waals surface area contributed by atoms with Crippen LogP contribution in [0, 0.1) is 0 Å². The molecule has 4 nitrogen and oxygen atoms in total. The van der Waals surface area contributed by atoms with E-state index in [9.17, 15) is 18.3 Å². The zero-order chi connectivity index (χ0) is 11.1. The molecule has 0 atom stereocenters. The predicted molar refractivity (Wildman–Crippen MR) is 54.0 cm³/mol. The number of phenols is 1. The maximum Gasteiger partial charge on any atom is 0.200 e. The van der Waals surface area contributed by atoms with Crippen LogP contribution in [0.1, 0.15) is 12.0 Å². The fourth-order valence-corrected chi connectivity index (χ4v) is 3.13. The van der Waals surface area contributed by atoms with E-state index < -0.39 is 9.84 Å². The number of carbonyl (C=O) groups excluding carboxylic acids is 1. The van der Waals surface area contributed by atoms with E-state index in [2.05, 4.69) is 0 Å². The van der Waals surface area contributed by atoms with Gasteiger partial charge in [-0.2, -0.15) is 0 Å². The lowest BCUT2D eigenvalue weighted by atomic mass is 10.0. The fourth-order valence-electron chi connectivity index (χ4n) is 1.63. The van der Waals surface area contributed by atoms with Crippen molar-refractivity contribution in [2.45, 2.75) is 11.3 Å². The SMILES string of the molecule is O=CCC1=CS(=O)(=O)c2cccc(O)c21. The molecular formula is C10H8O4S. The van der Waals surface area contributed by atoms with Crippen molar-refractivity contribution in [2.24, 2.45) is 0 Å². The number of hydrogen-bond acceptors (Lipinski definition) is 4. The van der Waals surface area contributed by atoms with Crippen LogP contribution in [0.5, 0.6) is 5.75 Å². The summed E-state index contributed by atoms with van der Waals surface area (Å²) in [4.78, 5) is 10.4. The Bertz CT molecular complexity index is 555. The van der Waals surface area contributed by atoms with Gasteiger partial charge in [-0.05, 0) is 17.7 Å². The molecule has 1 heterocycles. The first-order valence-electron chi connectivity index (χ1n) is 4.28. The van der Waals surface area contributed by atoms with Crippen molar-refractivity contribution in [3.05, 3.63) is 29.2 Å². The molecule has 0 aliphatic carbocycles. The maximum atomic E-state index is 11.6.